The zero-order chi connectivity index (χ0) is 7.49. The maximum atomic E-state index is 10.4. The van der Waals surface area contributed by atoms with Crippen molar-refractivity contribution in [2.45, 2.75) is 19.9 Å². The minimum absolute atomic E-state index is 0. The Morgan fingerprint density at radius 3 is 2.20 bits per heavy atom. The van der Waals surface area contributed by atoms with Crippen LogP contribution in [0.1, 0.15) is 13.8 Å². The molecular weight excluding hydrogens is 178 g/mol. The van der Waals surface area contributed by atoms with Crippen LogP contribution in [0.25, 0.3) is 0 Å². The molecule has 0 spiro atoms. The molecule has 1 unspecified atom stereocenters. The third-order valence-corrected chi connectivity index (χ3v) is 1.68. The van der Waals surface area contributed by atoms with Gasteiger partial charge in [0.05, 0.1) is 0 Å². The Morgan fingerprint density at radius 1 is 1.70 bits per heavy atom. The van der Waals surface area contributed by atoms with Gasteiger partial charge in [-0.15, -0.1) is 0 Å². The number of hydrogen-bond acceptors (Lipinski definition) is 3. The van der Waals surface area contributed by atoms with Gasteiger partial charge < -0.3 is 9.46 Å². The number of nitriles is 1. The molecule has 10 heavy (non-hydrogen) atoms. The van der Waals surface area contributed by atoms with Crippen molar-refractivity contribution >= 4 is 7.52 Å². The molecule has 0 aromatic rings. The number of nitrogens with one attached hydrogen (secondary N) is 1. The molecule has 0 bridgehead atoms. The van der Waals surface area contributed by atoms with E-state index in [1.54, 1.807) is 13.8 Å². The first kappa shape index (κ1) is 13.8. The van der Waals surface area contributed by atoms with Crippen LogP contribution in [0, 0.1) is 11.1 Å². The van der Waals surface area contributed by atoms with Crippen LogP contribution in [0.15, 0.2) is 0 Å². The first-order chi connectivity index (χ1) is 3.98. The van der Waals surface area contributed by atoms with Crippen LogP contribution in [0.3, 0.4) is 0 Å². The molecule has 0 saturated heterocycles. The van der Waals surface area contributed by atoms with Gasteiger partial charge in [0.1, 0.15) is 5.81 Å². The topological polar surface area (TPSA) is 75.9 Å². The average Bonchev–Trinajstić information content (AvgIpc) is 1.63. The first-order valence-corrected chi connectivity index (χ1v) is 4.10. The molecule has 0 aliphatic heterocycles. The van der Waals surface area contributed by atoms with Gasteiger partial charge in [0.15, 0.2) is 7.52 Å². The summed E-state index contributed by atoms with van der Waals surface area (Å²) in [4.78, 5) is 10.4. The molecule has 0 fully saturated rings. The van der Waals surface area contributed by atoms with E-state index in [4.69, 9.17) is 5.26 Å². The van der Waals surface area contributed by atoms with Crippen molar-refractivity contribution in [2.24, 2.45) is 0 Å². The van der Waals surface area contributed by atoms with E-state index in [0.29, 0.717) is 0 Å². The monoisotopic (exact) mass is 186 g/mol. The fourth-order valence-corrected chi connectivity index (χ4v) is 1.11. The maximum Gasteiger partial charge on any atom is 1.00 e. The summed E-state index contributed by atoms with van der Waals surface area (Å²) in [5, 5.41) is 10.1. The van der Waals surface area contributed by atoms with Crippen LogP contribution in [0.5, 0.6) is 0 Å². The predicted octanol–water partition coefficient (Wildman–Crippen LogP) is -2.98. The van der Waals surface area contributed by atoms with E-state index < -0.39 is 7.52 Å². The summed E-state index contributed by atoms with van der Waals surface area (Å²) in [5.41, 5.74) is 0. The summed E-state index contributed by atoms with van der Waals surface area (Å²) in [6.07, 6.45) is 0. The molecule has 1 atom stereocenters. The van der Waals surface area contributed by atoms with Gasteiger partial charge in [0, 0.05) is 6.04 Å². The third kappa shape index (κ3) is 7.38. The molecule has 0 aromatic heterocycles. The van der Waals surface area contributed by atoms with E-state index in [-0.39, 0.29) is 57.4 Å². The van der Waals surface area contributed by atoms with Gasteiger partial charge in [-0.25, -0.2) is 0 Å². The molecule has 0 saturated carbocycles. The summed E-state index contributed by atoms with van der Waals surface area (Å²) in [5.74, 6) is 1.16. The molecule has 0 radical (unpaired) electrons. The second kappa shape index (κ2) is 5.87. The van der Waals surface area contributed by atoms with Crippen molar-refractivity contribution < 1.29 is 60.8 Å². The Morgan fingerprint density at radius 2 is 2.10 bits per heavy atom. The van der Waals surface area contributed by atoms with E-state index >= 15 is 0 Å². The molecule has 0 amide bonds. The zero-order valence-corrected chi connectivity index (χ0v) is 10.3. The Hall–Kier alpha value is 1.28. The third-order valence-electron chi connectivity index (χ3n) is 0.560. The van der Waals surface area contributed by atoms with Crippen molar-refractivity contribution in [3.63, 3.8) is 0 Å². The van der Waals surface area contributed by atoms with Crippen molar-refractivity contribution in [3.8, 4) is 5.81 Å². The summed E-state index contributed by atoms with van der Waals surface area (Å²) >= 11 is 0. The first-order valence-electron chi connectivity index (χ1n) is 2.48. The van der Waals surface area contributed by atoms with Gasteiger partial charge in [0.2, 0.25) is 0 Å². The summed E-state index contributed by atoms with van der Waals surface area (Å²) in [7, 11) is -3.92. The van der Waals surface area contributed by atoms with E-state index in [9.17, 15) is 9.46 Å². The van der Waals surface area contributed by atoms with Gasteiger partial charge in [-0.05, 0) is 13.8 Å². The smallest absolute Gasteiger partial charge is 0.777 e. The molecule has 4 nitrogen and oxygen atoms in total. The van der Waals surface area contributed by atoms with Crippen LogP contribution < -0.4 is 61.4 Å². The molecule has 0 heterocycles. The fourth-order valence-electron chi connectivity index (χ4n) is 0.369. The van der Waals surface area contributed by atoms with Crippen LogP contribution in [-0.4, -0.2) is 6.04 Å². The number of nitrogens with zero attached hydrogens (tertiary/aromatic N) is 1. The van der Waals surface area contributed by atoms with E-state index in [1.165, 1.54) is 0 Å². The molecule has 6 heteroatoms. The molecule has 0 aliphatic carbocycles. The van der Waals surface area contributed by atoms with Gasteiger partial charge in [-0.3, -0.25) is 5.09 Å². The second-order valence-electron chi connectivity index (χ2n) is 1.94. The fraction of sp³-hybridized carbons (Fsp3) is 0.750. The van der Waals surface area contributed by atoms with E-state index in [2.05, 4.69) is 5.09 Å². The quantitative estimate of drug-likeness (QED) is 0.369. The molecule has 52 valence electrons. The second-order valence-corrected chi connectivity index (χ2v) is 3.50. The molecule has 0 aromatic carbocycles. The molecule has 1 N–H and O–H groups in total. The SMILES string of the molecule is CC(C)NP(=O)([O-])C#N.[K+]. The maximum absolute atomic E-state index is 10.4. The van der Waals surface area contributed by atoms with Crippen molar-refractivity contribution in [1.82, 2.24) is 5.09 Å². The van der Waals surface area contributed by atoms with E-state index in [0.717, 1.165) is 5.81 Å². The van der Waals surface area contributed by atoms with Gasteiger partial charge in [-0.1, -0.05) is 0 Å². The van der Waals surface area contributed by atoms with Crippen molar-refractivity contribution in [1.29, 1.82) is 5.26 Å². The molecular formula is C4H8KN2O2P. The van der Waals surface area contributed by atoms with Crippen LogP contribution in [-0.2, 0) is 4.57 Å². The predicted molar refractivity (Wildman–Crippen MR) is 31.5 cm³/mol. The minimum atomic E-state index is -3.92. The molecule has 0 aliphatic rings. The number of rotatable bonds is 2. The van der Waals surface area contributed by atoms with Crippen LogP contribution >= 0.6 is 7.52 Å². The van der Waals surface area contributed by atoms with Gasteiger partial charge in [-0.2, -0.15) is 5.26 Å². The Kier molecular flexibility index (Phi) is 8.12. The molecule has 0 rings (SSSR count). The summed E-state index contributed by atoms with van der Waals surface area (Å²) in [6.45, 7) is 3.31. The number of hydrogen-bond donors (Lipinski definition) is 1. The normalized spacial score (nSPS) is 15.1. The average molecular weight is 186 g/mol. The Balaban J connectivity index is 0. The largest absolute Gasteiger partial charge is 1.00 e. The zero-order valence-electron chi connectivity index (χ0n) is 6.29. The standard InChI is InChI=1S/C4H9N2O2P.K/c1-4(2)6-9(7,8)3-5;/h4H,1-2H3,(H2,6,7,8);/q;+1/p-1. The van der Waals surface area contributed by atoms with Crippen LogP contribution in [0.4, 0.5) is 0 Å². The Bertz CT molecular complexity index is 177. The van der Waals surface area contributed by atoms with Gasteiger partial charge in [0.25, 0.3) is 0 Å². The minimum Gasteiger partial charge on any atom is -0.777 e. The van der Waals surface area contributed by atoms with Crippen molar-refractivity contribution in [3.05, 3.63) is 0 Å². The van der Waals surface area contributed by atoms with E-state index in [1.807, 2.05) is 0 Å². The summed E-state index contributed by atoms with van der Waals surface area (Å²) < 4.78 is 10.4. The van der Waals surface area contributed by atoms with Crippen LogP contribution in [0.2, 0.25) is 0 Å². The Labute approximate surface area is 103 Å². The van der Waals surface area contributed by atoms with Gasteiger partial charge >= 0.3 is 51.4 Å². The summed E-state index contributed by atoms with van der Waals surface area (Å²) in [6, 6.07) is -0.201. The van der Waals surface area contributed by atoms with Crippen molar-refractivity contribution in [2.75, 3.05) is 0 Å².